The summed E-state index contributed by atoms with van der Waals surface area (Å²) in [5.74, 6) is 1.45. The zero-order valence-corrected chi connectivity index (χ0v) is 21.0. The van der Waals surface area contributed by atoms with Crippen LogP contribution in [0.5, 0.6) is 0 Å². The predicted molar refractivity (Wildman–Crippen MR) is 141 cm³/mol. The van der Waals surface area contributed by atoms with E-state index in [2.05, 4.69) is 34.3 Å². The van der Waals surface area contributed by atoms with Crippen LogP contribution in [0.1, 0.15) is 43.4 Å². The van der Waals surface area contributed by atoms with Gasteiger partial charge in [0.05, 0.1) is 17.0 Å². The van der Waals surface area contributed by atoms with Gasteiger partial charge < -0.3 is 14.8 Å². The molecule has 1 saturated heterocycles. The van der Waals surface area contributed by atoms with Crippen molar-refractivity contribution in [1.82, 2.24) is 14.5 Å². The molecule has 2 aromatic carbocycles. The van der Waals surface area contributed by atoms with Crippen LogP contribution in [0, 0.1) is 0 Å². The highest BCUT2D eigenvalue weighted by molar-refractivity contribution is 5.82. The van der Waals surface area contributed by atoms with Gasteiger partial charge in [0.15, 0.2) is 0 Å². The molecule has 8 heteroatoms. The van der Waals surface area contributed by atoms with E-state index in [9.17, 15) is 13.2 Å². The van der Waals surface area contributed by atoms with Crippen LogP contribution in [0.25, 0.3) is 22.5 Å². The Hall–Kier alpha value is -3.81. The van der Waals surface area contributed by atoms with E-state index in [0.717, 1.165) is 54.8 Å². The molecule has 4 aromatic rings. The van der Waals surface area contributed by atoms with Crippen LogP contribution >= 0.6 is 0 Å². The number of anilines is 2. The number of aromatic nitrogens is 3. The number of pyridine rings is 1. The lowest BCUT2D eigenvalue weighted by molar-refractivity contribution is -0.137. The summed E-state index contributed by atoms with van der Waals surface area (Å²) in [6.45, 7) is 3.82. The summed E-state index contributed by atoms with van der Waals surface area (Å²) in [6.07, 6.45) is 0.609. The Morgan fingerprint density at radius 2 is 1.65 bits per heavy atom. The maximum Gasteiger partial charge on any atom is 0.416 e. The number of nitrogens with zero attached hydrogens (tertiary/aromatic N) is 4. The molecule has 0 amide bonds. The Kier molecular flexibility index (Phi) is 6.91. The Balaban J connectivity index is 1.58. The van der Waals surface area contributed by atoms with Crippen molar-refractivity contribution in [2.24, 2.45) is 7.05 Å². The molecular formula is C29H30F3N5. The Morgan fingerprint density at radius 1 is 0.892 bits per heavy atom. The van der Waals surface area contributed by atoms with E-state index in [1.165, 1.54) is 18.6 Å². The first-order chi connectivity index (χ1) is 17.8. The second kappa shape index (κ2) is 10.3. The molecule has 1 fully saturated rings. The van der Waals surface area contributed by atoms with Crippen LogP contribution in [0.4, 0.5) is 24.9 Å². The topological polar surface area (TPSA) is 46.0 Å². The van der Waals surface area contributed by atoms with Gasteiger partial charge in [0.2, 0.25) is 5.95 Å². The highest BCUT2D eigenvalue weighted by Gasteiger charge is 2.31. The van der Waals surface area contributed by atoms with Gasteiger partial charge >= 0.3 is 6.18 Å². The summed E-state index contributed by atoms with van der Waals surface area (Å²) < 4.78 is 42.6. The minimum atomic E-state index is -4.43. The second-order valence-corrected chi connectivity index (χ2v) is 9.50. The van der Waals surface area contributed by atoms with Gasteiger partial charge in [-0.1, -0.05) is 42.5 Å². The molecule has 1 N–H and O–H groups in total. The molecule has 1 aliphatic heterocycles. The number of piperidine rings is 1. The molecule has 3 heterocycles. The van der Waals surface area contributed by atoms with Gasteiger partial charge in [-0.2, -0.15) is 13.2 Å². The van der Waals surface area contributed by atoms with Crippen molar-refractivity contribution >= 4 is 11.8 Å². The number of nitrogens with one attached hydrogen (secondary N) is 1. The normalized spacial score (nSPS) is 15.0. The summed E-state index contributed by atoms with van der Waals surface area (Å²) in [5, 5.41) is 3.45. The molecule has 5 nitrogen and oxygen atoms in total. The third-order valence-electron chi connectivity index (χ3n) is 6.87. The van der Waals surface area contributed by atoms with Gasteiger partial charge in [-0.15, -0.1) is 0 Å². The second-order valence-electron chi connectivity index (χ2n) is 9.50. The average molecular weight is 506 g/mol. The summed E-state index contributed by atoms with van der Waals surface area (Å²) >= 11 is 0. The first-order valence-electron chi connectivity index (χ1n) is 12.6. The number of alkyl halides is 3. The van der Waals surface area contributed by atoms with E-state index >= 15 is 0 Å². The predicted octanol–water partition coefficient (Wildman–Crippen LogP) is 7.33. The quantitative estimate of drug-likeness (QED) is 0.298. The van der Waals surface area contributed by atoms with Crippen molar-refractivity contribution in [3.05, 3.63) is 84.1 Å². The lowest BCUT2D eigenvalue weighted by atomic mass is 10.0. The molecule has 0 radical (unpaired) electrons. The SMILES string of the molecule is C[C@@H](Nc1cc(-c2c(-c3cccc(C(F)(F)F)c3)nc(N3CCCCC3)n2C)ccn1)c1ccccc1. The lowest BCUT2D eigenvalue weighted by Gasteiger charge is -2.27. The van der Waals surface area contributed by atoms with Gasteiger partial charge in [-0.25, -0.2) is 9.97 Å². The third kappa shape index (κ3) is 5.33. The van der Waals surface area contributed by atoms with Crippen LogP contribution in [0.2, 0.25) is 0 Å². The molecule has 0 spiro atoms. The lowest BCUT2D eigenvalue weighted by Crippen LogP contribution is -2.31. The molecule has 192 valence electrons. The Bertz CT molecular complexity index is 1360. The van der Waals surface area contributed by atoms with Crippen LogP contribution in [-0.4, -0.2) is 27.6 Å². The number of halogens is 3. The summed E-state index contributed by atoms with van der Waals surface area (Å²) in [4.78, 5) is 11.7. The minimum absolute atomic E-state index is 0.0299. The number of imidazole rings is 1. The largest absolute Gasteiger partial charge is 0.416 e. The molecule has 1 atom stereocenters. The van der Waals surface area contributed by atoms with E-state index in [4.69, 9.17) is 4.98 Å². The molecule has 2 aromatic heterocycles. The number of hydrogen-bond donors (Lipinski definition) is 1. The van der Waals surface area contributed by atoms with Crippen molar-refractivity contribution in [2.75, 3.05) is 23.3 Å². The van der Waals surface area contributed by atoms with Gasteiger partial charge in [0, 0.05) is 43.5 Å². The molecule has 0 saturated carbocycles. The fourth-order valence-electron chi connectivity index (χ4n) is 4.94. The summed E-state index contributed by atoms with van der Waals surface area (Å²) in [6, 6.07) is 19.3. The highest BCUT2D eigenvalue weighted by Crippen LogP contribution is 2.39. The minimum Gasteiger partial charge on any atom is -0.364 e. The van der Waals surface area contributed by atoms with Crippen molar-refractivity contribution < 1.29 is 13.2 Å². The number of hydrogen-bond acceptors (Lipinski definition) is 4. The summed E-state index contributed by atoms with van der Waals surface area (Å²) in [5.41, 5.74) is 3.01. The van der Waals surface area contributed by atoms with E-state index in [1.54, 1.807) is 12.3 Å². The Labute approximate surface area is 215 Å². The molecule has 0 unspecified atom stereocenters. The molecule has 1 aliphatic rings. The number of benzene rings is 2. The van der Waals surface area contributed by atoms with Gasteiger partial charge in [0.1, 0.15) is 5.82 Å². The molecule has 37 heavy (non-hydrogen) atoms. The summed E-state index contributed by atoms with van der Waals surface area (Å²) in [7, 11) is 1.93. The first kappa shape index (κ1) is 24.9. The standard InChI is InChI=1S/C29H30F3N5/c1-20(21-10-5-3-6-11-21)34-25-19-23(14-15-33-25)27-26(22-12-9-13-24(18-22)29(30,31)32)35-28(36(27)2)37-16-7-4-8-17-37/h3,5-6,9-15,18-20H,4,7-8,16-17H2,1-2H3,(H,33,34)/t20-/m1/s1. The van der Waals surface area contributed by atoms with Crippen molar-refractivity contribution in [2.45, 2.75) is 38.4 Å². The molecule has 0 aliphatic carbocycles. The average Bonchev–Trinajstić information content (AvgIpc) is 3.26. The maximum absolute atomic E-state index is 13.5. The highest BCUT2D eigenvalue weighted by atomic mass is 19.4. The van der Waals surface area contributed by atoms with Crippen LogP contribution in [0.3, 0.4) is 0 Å². The monoisotopic (exact) mass is 505 g/mol. The van der Waals surface area contributed by atoms with Crippen molar-refractivity contribution in [1.29, 1.82) is 0 Å². The first-order valence-corrected chi connectivity index (χ1v) is 12.6. The van der Waals surface area contributed by atoms with Gasteiger partial charge in [-0.3, -0.25) is 0 Å². The van der Waals surface area contributed by atoms with Crippen LogP contribution in [-0.2, 0) is 13.2 Å². The van der Waals surface area contributed by atoms with E-state index in [1.807, 2.05) is 41.9 Å². The zero-order chi connectivity index (χ0) is 26.0. The Morgan fingerprint density at radius 3 is 2.38 bits per heavy atom. The van der Waals surface area contributed by atoms with Crippen LogP contribution < -0.4 is 10.2 Å². The van der Waals surface area contributed by atoms with E-state index < -0.39 is 11.7 Å². The van der Waals surface area contributed by atoms with Crippen molar-refractivity contribution in [3.63, 3.8) is 0 Å². The molecule has 0 bridgehead atoms. The molecule has 5 rings (SSSR count). The third-order valence-corrected chi connectivity index (χ3v) is 6.87. The van der Waals surface area contributed by atoms with E-state index in [-0.39, 0.29) is 6.04 Å². The molecular weight excluding hydrogens is 475 g/mol. The zero-order valence-electron chi connectivity index (χ0n) is 21.0. The van der Waals surface area contributed by atoms with Gasteiger partial charge in [-0.05, 0) is 56.0 Å². The van der Waals surface area contributed by atoms with Gasteiger partial charge in [0.25, 0.3) is 0 Å². The number of rotatable bonds is 6. The fourth-order valence-corrected chi connectivity index (χ4v) is 4.94. The van der Waals surface area contributed by atoms with E-state index in [0.29, 0.717) is 17.1 Å². The van der Waals surface area contributed by atoms with Crippen LogP contribution in [0.15, 0.2) is 72.9 Å². The smallest absolute Gasteiger partial charge is 0.364 e. The maximum atomic E-state index is 13.5. The van der Waals surface area contributed by atoms with Crippen molar-refractivity contribution in [3.8, 4) is 22.5 Å². The fraction of sp³-hybridized carbons (Fsp3) is 0.310.